The van der Waals surface area contributed by atoms with E-state index in [2.05, 4.69) is 0 Å². The lowest BCUT2D eigenvalue weighted by molar-refractivity contribution is -0.141. The van der Waals surface area contributed by atoms with E-state index in [1.807, 2.05) is 0 Å². The number of aliphatic hydroxyl groups is 1. The van der Waals surface area contributed by atoms with Crippen molar-refractivity contribution in [2.24, 2.45) is 11.8 Å². The summed E-state index contributed by atoms with van der Waals surface area (Å²) in [6.07, 6.45) is -0.867. The van der Waals surface area contributed by atoms with Crippen LogP contribution in [-0.2, 0) is 9.53 Å². The van der Waals surface area contributed by atoms with E-state index in [9.17, 15) is 15.0 Å². The van der Waals surface area contributed by atoms with Crippen molar-refractivity contribution in [2.75, 3.05) is 27.6 Å². The number of phenols is 1. The van der Waals surface area contributed by atoms with Gasteiger partial charge in [0, 0.05) is 11.8 Å². The summed E-state index contributed by atoms with van der Waals surface area (Å²) in [5.41, 5.74) is 2.12. The van der Waals surface area contributed by atoms with Gasteiger partial charge in [-0.05, 0) is 41.0 Å². The molecular formula is C21H20O8. The molecule has 2 N–H and O–H groups in total. The minimum atomic E-state index is -0.867. The number of methoxy groups -OCH3 is 2. The topological polar surface area (TPSA) is 104 Å². The molecule has 29 heavy (non-hydrogen) atoms. The van der Waals surface area contributed by atoms with Crippen LogP contribution >= 0.6 is 0 Å². The number of fused-ring (bicyclic) bond motifs is 3. The van der Waals surface area contributed by atoms with Gasteiger partial charge < -0.3 is 33.9 Å². The normalized spacial score (nSPS) is 26.5. The summed E-state index contributed by atoms with van der Waals surface area (Å²) < 4.78 is 26.9. The minimum Gasteiger partial charge on any atom is -0.502 e. The summed E-state index contributed by atoms with van der Waals surface area (Å²) in [5, 5.41) is 21.3. The molecule has 2 heterocycles. The number of cyclic esters (lactones) is 1. The lowest BCUT2D eigenvalue weighted by atomic mass is 9.66. The summed E-state index contributed by atoms with van der Waals surface area (Å²) >= 11 is 0. The van der Waals surface area contributed by atoms with Gasteiger partial charge in [0.1, 0.15) is 0 Å². The maximum Gasteiger partial charge on any atom is 0.310 e. The van der Waals surface area contributed by atoms with Gasteiger partial charge in [-0.15, -0.1) is 0 Å². The largest absolute Gasteiger partial charge is 0.502 e. The average molecular weight is 400 g/mol. The van der Waals surface area contributed by atoms with E-state index in [1.165, 1.54) is 14.2 Å². The lowest BCUT2D eigenvalue weighted by Gasteiger charge is -2.37. The number of rotatable bonds is 3. The summed E-state index contributed by atoms with van der Waals surface area (Å²) in [6, 6.07) is 6.93. The molecule has 5 rings (SSSR count). The van der Waals surface area contributed by atoms with Crippen LogP contribution in [0.25, 0.3) is 0 Å². The van der Waals surface area contributed by atoms with Crippen LogP contribution in [0.5, 0.6) is 28.7 Å². The Morgan fingerprint density at radius 2 is 1.59 bits per heavy atom. The van der Waals surface area contributed by atoms with E-state index in [0.29, 0.717) is 22.6 Å². The molecule has 2 aromatic rings. The number of benzene rings is 2. The number of carbonyl (C=O) groups excluding carboxylic acids is 1. The third-order valence-corrected chi connectivity index (χ3v) is 6.01. The van der Waals surface area contributed by atoms with Gasteiger partial charge in [-0.25, -0.2) is 0 Å². The van der Waals surface area contributed by atoms with Gasteiger partial charge in [0.15, 0.2) is 23.0 Å². The van der Waals surface area contributed by atoms with E-state index in [-0.39, 0.29) is 36.6 Å². The Hall–Kier alpha value is -3.13. The van der Waals surface area contributed by atoms with E-state index in [1.54, 1.807) is 24.3 Å². The summed E-state index contributed by atoms with van der Waals surface area (Å²) in [4.78, 5) is 12.7. The highest BCUT2D eigenvalue weighted by molar-refractivity contribution is 5.79. The molecule has 2 aliphatic heterocycles. The third-order valence-electron chi connectivity index (χ3n) is 6.01. The molecule has 2 aromatic carbocycles. The third kappa shape index (κ3) is 2.52. The first-order valence-corrected chi connectivity index (χ1v) is 9.26. The second kappa shape index (κ2) is 6.45. The van der Waals surface area contributed by atoms with Gasteiger partial charge in [-0.1, -0.05) is 0 Å². The Labute approximate surface area is 166 Å². The molecule has 4 atom stereocenters. The molecule has 0 radical (unpaired) electrons. The van der Waals surface area contributed by atoms with Crippen LogP contribution in [0.15, 0.2) is 24.3 Å². The van der Waals surface area contributed by atoms with Crippen molar-refractivity contribution in [1.82, 2.24) is 0 Å². The maximum absolute atomic E-state index is 12.7. The number of ether oxygens (including phenoxy) is 5. The first-order valence-electron chi connectivity index (χ1n) is 9.26. The number of hydrogen-bond donors (Lipinski definition) is 2. The molecule has 1 aliphatic carbocycles. The zero-order valence-corrected chi connectivity index (χ0v) is 15.9. The monoisotopic (exact) mass is 400 g/mol. The number of esters is 1. The van der Waals surface area contributed by atoms with Gasteiger partial charge in [0.25, 0.3) is 0 Å². The number of aromatic hydroxyl groups is 1. The van der Waals surface area contributed by atoms with Gasteiger partial charge in [-0.2, -0.15) is 0 Å². The molecule has 0 saturated carbocycles. The summed E-state index contributed by atoms with van der Waals surface area (Å²) in [5.74, 6) is -0.324. The van der Waals surface area contributed by atoms with Crippen molar-refractivity contribution in [3.63, 3.8) is 0 Å². The van der Waals surface area contributed by atoms with Crippen LogP contribution < -0.4 is 18.9 Å². The van der Waals surface area contributed by atoms with E-state index >= 15 is 0 Å². The summed E-state index contributed by atoms with van der Waals surface area (Å²) in [6.45, 7) is 0.246. The quantitative estimate of drug-likeness (QED) is 0.755. The van der Waals surface area contributed by atoms with E-state index in [4.69, 9.17) is 23.7 Å². The van der Waals surface area contributed by atoms with Crippen LogP contribution in [0.2, 0.25) is 0 Å². The second-order valence-corrected chi connectivity index (χ2v) is 7.35. The number of aliphatic hydroxyl groups excluding tert-OH is 1. The zero-order valence-electron chi connectivity index (χ0n) is 15.9. The molecule has 0 unspecified atom stereocenters. The Kier molecular flexibility index (Phi) is 3.99. The Bertz CT molecular complexity index is 975. The first-order chi connectivity index (χ1) is 14.0. The Balaban J connectivity index is 1.75. The van der Waals surface area contributed by atoms with Crippen molar-refractivity contribution < 1.29 is 38.7 Å². The van der Waals surface area contributed by atoms with Crippen molar-refractivity contribution in [3.05, 3.63) is 41.0 Å². The van der Waals surface area contributed by atoms with Crippen LogP contribution in [-0.4, -0.2) is 43.8 Å². The predicted molar refractivity (Wildman–Crippen MR) is 98.5 cm³/mol. The molecule has 8 heteroatoms. The summed E-state index contributed by atoms with van der Waals surface area (Å²) in [7, 11) is 2.89. The van der Waals surface area contributed by atoms with Crippen LogP contribution in [0.4, 0.5) is 0 Å². The minimum absolute atomic E-state index is 0.106. The van der Waals surface area contributed by atoms with Gasteiger partial charge >= 0.3 is 5.97 Å². The number of carbonyl (C=O) groups is 1. The smallest absolute Gasteiger partial charge is 0.310 e. The molecule has 0 amide bonds. The fourth-order valence-electron chi connectivity index (χ4n) is 4.63. The van der Waals surface area contributed by atoms with Crippen molar-refractivity contribution in [2.45, 2.75) is 12.0 Å². The SMILES string of the molecule is COc1cc([C@@H]2c3cc4c(cc3[C@H](O)[C@@H]3COC(=O)[C@@H]23)OCO4)cc(OC)c1O. The molecule has 0 aromatic heterocycles. The molecule has 3 aliphatic rings. The molecule has 0 bridgehead atoms. The van der Waals surface area contributed by atoms with Crippen LogP contribution in [0.3, 0.4) is 0 Å². The van der Waals surface area contributed by atoms with Crippen molar-refractivity contribution in [3.8, 4) is 28.7 Å². The molecular weight excluding hydrogens is 380 g/mol. The van der Waals surface area contributed by atoms with Crippen LogP contribution in [0.1, 0.15) is 28.7 Å². The maximum atomic E-state index is 12.7. The average Bonchev–Trinajstić information content (AvgIpc) is 3.34. The van der Waals surface area contributed by atoms with Crippen molar-refractivity contribution >= 4 is 5.97 Å². The fraction of sp³-hybridized carbons (Fsp3) is 0.381. The van der Waals surface area contributed by atoms with Gasteiger partial charge in [0.05, 0.1) is 32.8 Å². The Morgan fingerprint density at radius 3 is 2.21 bits per heavy atom. The second-order valence-electron chi connectivity index (χ2n) is 7.35. The molecule has 1 fully saturated rings. The zero-order chi connectivity index (χ0) is 20.3. The number of hydrogen-bond acceptors (Lipinski definition) is 8. The number of phenolic OH excluding ortho intramolecular Hbond substituents is 1. The van der Waals surface area contributed by atoms with E-state index in [0.717, 1.165) is 5.56 Å². The van der Waals surface area contributed by atoms with Crippen LogP contribution in [0, 0.1) is 11.8 Å². The predicted octanol–water partition coefficient (Wildman–Crippen LogP) is 2.11. The molecule has 1 saturated heterocycles. The van der Waals surface area contributed by atoms with Crippen molar-refractivity contribution in [1.29, 1.82) is 0 Å². The fourth-order valence-corrected chi connectivity index (χ4v) is 4.63. The standard InChI is InChI=1S/C21H20O8/c1-25-15-3-9(4-16(26-2)20(15)23)17-10-5-13-14(29-8-28-13)6-11(10)19(22)12-7-27-21(24)18(12)17/h3-6,12,17-19,22-23H,7-8H2,1-2H3/t12-,17-,18-,19+/m1/s1. The van der Waals surface area contributed by atoms with Gasteiger partial charge in [-0.3, -0.25) is 4.79 Å². The molecule has 152 valence electrons. The highest BCUT2D eigenvalue weighted by atomic mass is 16.7. The molecule has 8 nitrogen and oxygen atoms in total. The lowest BCUT2D eigenvalue weighted by Crippen LogP contribution is -2.34. The first kappa shape index (κ1) is 17.9. The van der Waals surface area contributed by atoms with E-state index < -0.39 is 23.9 Å². The highest BCUT2D eigenvalue weighted by Gasteiger charge is 2.52. The highest BCUT2D eigenvalue weighted by Crippen LogP contribution is 2.55. The molecule has 0 spiro atoms. The Morgan fingerprint density at radius 1 is 0.966 bits per heavy atom. The van der Waals surface area contributed by atoms with Gasteiger partial charge in [0.2, 0.25) is 12.5 Å².